The lowest BCUT2D eigenvalue weighted by Crippen LogP contribution is -2.47. The summed E-state index contributed by atoms with van der Waals surface area (Å²) in [4.78, 5) is 16.9. The summed E-state index contributed by atoms with van der Waals surface area (Å²) in [5, 5.41) is 4.26. The summed E-state index contributed by atoms with van der Waals surface area (Å²) in [5.74, 6) is 0.0739. The van der Waals surface area contributed by atoms with Gasteiger partial charge >= 0.3 is 0 Å². The summed E-state index contributed by atoms with van der Waals surface area (Å²) < 4.78 is 0. The van der Waals surface area contributed by atoms with E-state index in [1.54, 1.807) is 6.21 Å². The standard InChI is InChI=1S/C19H22N4O/c1-22-11-13-23(14-12-22)19(24)18-10-6-5-7-16(18)15-20-21-17-8-3-2-4-9-17/h2-10,15,21H,11-14H2,1H3. The van der Waals surface area contributed by atoms with Gasteiger partial charge in [-0.1, -0.05) is 36.4 Å². The maximum atomic E-state index is 12.8. The molecule has 124 valence electrons. The molecule has 0 saturated carbocycles. The smallest absolute Gasteiger partial charge is 0.254 e. The number of nitrogens with one attached hydrogen (secondary N) is 1. The van der Waals surface area contributed by atoms with E-state index in [2.05, 4.69) is 22.5 Å². The SMILES string of the molecule is CN1CCN(C(=O)c2ccccc2C=NNc2ccccc2)CC1. The third kappa shape index (κ3) is 4.00. The van der Waals surface area contributed by atoms with E-state index >= 15 is 0 Å². The molecule has 1 saturated heterocycles. The summed E-state index contributed by atoms with van der Waals surface area (Å²) in [6.07, 6.45) is 1.70. The van der Waals surface area contributed by atoms with Crippen molar-refractivity contribution in [2.24, 2.45) is 5.10 Å². The van der Waals surface area contributed by atoms with Crippen LogP contribution in [0.3, 0.4) is 0 Å². The molecule has 2 aromatic rings. The minimum Gasteiger partial charge on any atom is -0.336 e. The van der Waals surface area contributed by atoms with E-state index in [1.807, 2.05) is 59.5 Å². The molecule has 2 aromatic carbocycles. The fourth-order valence-corrected chi connectivity index (χ4v) is 2.67. The normalized spacial score (nSPS) is 15.6. The van der Waals surface area contributed by atoms with Gasteiger partial charge in [0.25, 0.3) is 5.91 Å². The first-order chi connectivity index (χ1) is 11.7. The Morgan fingerprint density at radius 2 is 1.67 bits per heavy atom. The molecule has 1 aliphatic rings. The van der Waals surface area contributed by atoms with Crippen LogP contribution in [-0.4, -0.2) is 55.1 Å². The summed E-state index contributed by atoms with van der Waals surface area (Å²) in [7, 11) is 2.08. The van der Waals surface area contributed by atoms with Gasteiger partial charge in [-0.2, -0.15) is 5.10 Å². The first-order valence-electron chi connectivity index (χ1n) is 8.15. The highest BCUT2D eigenvalue weighted by Gasteiger charge is 2.21. The van der Waals surface area contributed by atoms with Gasteiger partial charge in [-0.15, -0.1) is 0 Å². The van der Waals surface area contributed by atoms with Crippen LogP contribution in [0.4, 0.5) is 5.69 Å². The Bertz CT molecular complexity index is 706. The molecule has 0 radical (unpaired) electrons. The van der Waals surface area contributed by atoms with E-state index in [1.165, 1.54) is 0 Å². The summed E-state index contributed by atoms with van der Waals surface area (Å²) in [5.41, 5.74) is 5.42. The van der Waals surface area contributed by atoms with E-state index in [4.69, 9.17) is 0 Å². The van der Waals surface area contributed by atoms with Crippen LogP contribution in [0.25, 0.3) is 0 Å². The topological polar surface area (TPSA) is 47.9 Å². The van der Waals surface area contributed by atoms with Gasteiger partial charge in [0.05, 0.1) is 11.9 Å². The van der Waals surface area contributed by atoms with Gasteiger partial charge in [0.15, 0.2) is 0 Å². The second-order valence-electron chi connectivity index (χ2n) is 5.92. The highest BCUT2D eigenvalue weighted by atomic mass is 16.2. The molecule has 0 spiro atoms. The molecule has 1 fully saturated rings. The Morgan fingerprint density at radius 1 is 1.00 bits per heavy atom. The Balaban J connectivity index is 1.72. The number of anilines is 1. The predicted molar refractivity (Wildman–Crippen MR) is 97.5 cm³/mol. The zero-order chi connectivity index (χ0) is 16.8. The van der Waals surface area contributed by atoms with Crippen LogP contribution in [0.5, 0.6) is 0 Å². The number of para-hydroxylation sites is 1. The number of rotatable bonds is 4. The van der Waals surface area contributed by atoms with E-state index < -0.39 is 0 Å². The number of amides is 1. The van der Waals surface area contributed by atoms with Crippen molar-refractivity contribution in [2.45, 2.75) is 0 Å². The summed E-state index contributed by atoms with van der Waals surface area (Å²) >= 11 is 0. The molecular weight excluding hydrogens is 300 g/mol. The van der Waals surface area contributed by atoms with Crippen molar-refractivity contribution in [3.63, 3.8) is 0 Å². The van der Waals surface area contributed by atoms with Crippen molar-refractivity contribution >= 4 is 17.8 Å². The Hall–Kier alpha value is -2.66. The molecule has 1 aliphatic heterocycles. The van der Waals surface area contributed by atoms with E-state index in [0.29, 0.717) is 5.56 Å². The number of hydrogen-bond donors (Lipinski definition) is 1. The van der Waals surface area contributed by atoms with Gasteiger partial charge in [0.1, 0.15) is 0 Å². The van der Waals surface area contributed by atoms with Gasteiger partial charge in [-0.25, -0.2) is 0 Å². The lowest BCUT2D eigenvalue weighted by atomic mass is 10.1. The lowest BCUT2D eigenvalue weighted by Gasteiger charge is -2.32. The van der Waals surface area contributed by atoms with Crippen molar-refractivity contribution in [3.8, 4) is 0 Å². The van der Waals surface area contributed by atoms with Crippen LogP contribution >= 0.6 is 0 Å². The molecule has 0 aromatic heterocycles. The molecular formula is C19H22N4O. The molecule has 0 bridgehead atoms. The number of hydrogen-bond acceptors (Lipinski definition) is 4. The van der Waals surface area contributed by atoms with Crippen molar-refractivity contribution in [1.82, 2.24) is 9.80 Å². The van der Waals surface area contributed by atoms with Gasteiger partial charge in [-0.3, -0.25) is 10.2 Å². The number of carbonyl (C=O) groups excluding carboxylic acids is 1. The molecule has 0 unspecified atom stereocenters. The third-order valence-electron chi connectivity index (χ3n) is 4.15. The number of carbonyl (C=O) groups is 1. The van der Waals surface area contributed by atoms with Crippen LogP contribution in [-0.2, 0) is 0 Å². The first kappa shape index (κ1) is 16.2. The third-order valence-corrected chi connectivity index (χ3v) is 4.15. The second kappa shape index (κ2) is 7.75. The average Bonchev–Trinajstić information content (AvgIpc) is 2.63. The average molecular weight is 322 g/mol. The zero-order valence-electron chi connectivity index (χ0n) is 13.9. The molecule has 1 heterocycles. The quantitative estimate of drug-likeness (QED) is 0.695. The zero-order valence-corrected chi connectivity index (χ0v) is 13.9. The lowest BCUT2D eigenvalue weighted by molar-refractivity contribution is 0.0664. The van der Waals surface area contributed by atoms with Crippen molar-refractivity contribution in [3.05, 3.63) is 65.7 Å². The van der Waals surface area contributed by atoms with E-state index in [-0.39, 0.29) is 5.91 Å². The number of hydrazone groups is 1. The first-order valence-corrected chi connectivity index (χ1v) is 8.15. The summed E-state index contributed by atoms with van der Waals surface area (Å²) in [6, 6.07) is 17.3. The number of piperazine rings is 1. The van der Waals surface area contributed by atoms with Crippen LogP contribution < -0.4 is 5.43 Å². The van der Waals surface area contributed by atoms with Crippen LogP contribution in [0.2, 0.25) is 0 Å². The molecule has 1 amide bonds. The molecule has 3 rings (SSSR count). The number of likely N-dealkylation sites (N-methyl/N-ethyl adjacent to an activating group) is 1. The Morgan fingerprint density at radius 3 is 2.42 bits per heavy atom. The van der Waals surface area contributed by atoms with Crippen LogP contribution in [0.1, 0.15) is 15.9 Å². The fourth-order valence-electron chi connectivity index (χ4n) is 2.67. The second-order valence-corrected chi connectivity index (χ2v) is 5.92. The molecule has 5 nitrogen and oxygen atoms in total. The minimum atomic E-state index is 0.0739. The molecule has 1 N–H and O–H groups in total. The number of benzene rings is 2. The van der Waals surface area contributed by atoms with E-state index in [9.17, 15) is 4.79 Å². The van der Waals surface area contributed by atoms with Gasteiger partial charge in [-0.05, 0) is 25.2 Å². The van der Waals surface area contributed by atoms with Crippen LogP contribution in [0.15, 0.2) is 59.7 Å². The van der Waals surface area contributed by atoms with Crippen molar-refractivity contribution in [2.75, 3.05) is 38.7 Å². The Labute approximate surface area is 142 Å². The molecule has 24 heavy (non-hydrogen) atoms. The van der Waals surface area contributed by atoms with Gasteiger partial charge < -0.3 is 9.80 Å². The molecule has 0 aliphatic carbocycles. The highest BCUT2D eigenvalue weighted by molar-refractivity contribution is 6.02. The fraction of sp³-hybridized carbons (Fsp3) is 0.263. The monoisotopic (exact) mass is 322 g/mol. The maximum absolute atomic E-state index is 12.8. The van der Waals surface area contributed by atoms with Gasteiger partial charge in [0, 0.05) is 37.3 Å². The van der Waals surface area contributed by atoms with E-state index in [0.717, 1.165) is 37.4 Å². The number of nitrogens with zero attached hydrogens (tertiary/aromatic N) is 3. The molecule has 5 heteroatoms. The Kier molecular flexibility index (Phi) is 5.23. The van der Waals surface area contributed by atoms with Crippen LogP contribution in [0, 0.1) is 0 Å². The largest absolute Gasteiger partial charge is 0.336 e. The summed E-state index contributed by atoms with van der Waals surface area (Å²) in [6.45, 7) is 3.36. The highest BCUT2D eigenvalue weighted by Crippen LogP contribution is 2.12. The maximum Gasteiger partial charge on any atom is 0.254 e. The van der Waals surface area contributed by atoms with Crippen molar-refractivity contribution < 1.29 is 4.79 Å². The van der Waals surface area contributed by atoms with Gasteiger partial charge in [0.2, 0.25) is 0 Å². The molecule has 0 atom stereocenters. The van der Waals surface area contributed by atoms with Crippen molar-refractivity contribution in [1.29, 1.82) is 0 Å². The predicted octanol–water partition coefficient (Wildman–Crippen LogP) is 2.52. The minimum absolute atomic E-state index is 0.0739.